The Balaban J connectivity index is 1.55. The molecule has 2 N–H and O–H groups in total. The van der Waals surface area contributed by atoms with Crippen molar-refractivity contribution in [2.45, 2.75) is 12.8 Å². The van der Waals surface area contributed by atoms with Crippen LogP contribution in [0.15, 0.2) is 53.4 Å². The lowest BCUT2D eigenvalue weighted by molar-refractivity contribution is -0.122. The highest BCUT2D eigenvalue weighted by Gasteiger charge is 2.31. The Morgan fingerprint density at radius 1 is 1.25 bits per heavy atom. The summed E-state index contributed by atoms with van der Waals surface area (Å²) in [5.41, 5.74) is 1.29. The summed E-state index contributed by atoms with van der Waals surface area (Å²) >= 11 is 12.7. The molecule has 1 aliphatic heterocycles. The summed E-state index contributed by atoms with van der Waals surface area (Å²) in [5.74, 6) is -0.286. The van der Waals surface area contributed by atoms with Crippen LogP contribution in [0, 0.1) is 0 Å². The molecule has 1 aliphatic rings. The number of aromatic hydroxyl groups is 1. The van der Waals surface area contributed by atoms with Gasteiger partial charge in [-0.2, -0.15) is 0 Å². The summed E-state index contributed by atoms with van der Waals surface area (Å²) in [7, 11) is 0. The molecular formula is C20H17ClN2O3S2. The Hall–Kier alpha value is -2.35. The van der Waals surface area contributed by atoms with Crippen LogP contribution in [0.1, 0.15) is 18.4 Å². The maximum Gasteiger partial charge on any atom is 0.266 e. The number of rotatable bonds is 6. The molecule has 0 aliphatic carbocycles. The Kier molecular flexibility index (Phi) is 6.72. The summed E-state index contributed by atoms with van der Waals surface area (Å²) in [5, 5.41) is 12.7. The minimum atomic E-state index is -0.192. The van der Waals surface area contributed by atoms with E-state index in [4.69, 9.17) is 23.8 Å². The van der Waals surface area contributed by atoms with Gasteiger partial charge >= 0.3 is 0 Å². The standard InChI is InChI=1S/C20H17ClN2O3S2/c21-16-8-2-1-5-13(16)11-17-19(26)23(20(27)28-17)10-4-9-18(25)22-14-6-3-7-15(24)12-14/h1-3,5-8,11-12,24H,4,9-10H2,(H,22,25). The molecule has 2 amide bonds. The highest BCUT2D eigenvalue weighted by Crippen LogP contribution is 2.33. The van der Waals surface area contributed by atoms with Crippen molar-refractivity contribution in [3.63, 3.8) is 0 Å². The molecule has 8 heteroatoms. The van der Waals surface area contributed by atoms with Crippen LogP contribution < -0.4 is 5.32 Å². The molecule has 28 heavy (non-hydrogen) atoms. The molecule has 2 aromatic carbocycles. The molecule has 0 unspecified atom stereocenters. The molecule has 2 aromatic rings. The first-order chi connectivity index (χ1) is 13.4. The molecule has 0 radical (unpaired) electrons. The van der Waals surface area contributed by atoms with Crippen LogP contribution in [0.4, 0.5) is 5.69 Å². The van der Waals surface area contributed by atoms with Crippen molar-refractivity contribution in [3.05, 3.63) is 64.0 Å². The molecule has 144 valence electrons. The molecule has 0 atom stereocenters. The molecule has 5 nitrogen and oxygen atoms in total. The number of anilines is 1. The van der Waals surface area contributed by atoms with Crippen molar-refractivity contribution in [3.8, 4) is 5.75 Å². The van der Waals surface area contributed by atoms with E-state index in [1.807, 2.05) is 18.2 Å². The fourth-order valence-electron chi connectivity index (χ4n) is 2.63. The zero-order chi connectivity index (χ0) is 20.1. The van der Waals surface area contributed by atoms with E-state index in [2.05, 4.69) is 5.32 Å². The fraction of sp³-hybridized carbons (Fsp3) is 0.150. The van der Waals surface area contributed by atoms with Gasteiger partial charge in [0.05, 0.1) is 4.91 Å². The normalized spacial score (nSPS) is 15.3. The van der Waals surface area contributed by atoms with E-state index in [1.54, 1.807) is 24.3 Å². The van der Waals surface area contributed by atoms with Gasteiger partial charge in [0.1, 0.15) is 10.1 Å². The van der Waals surface area contributed by atoms with E-state index < -0.39 is 0 Å². The van der Waals surface area contributed by atoms with Crippen LogP contribution in [0.2, 0.25) is 5.02 Å². The Bertz CT molecular complexity index is 962. The second kappa shape index (κ2) is 9.23. The number of thioether (sulfide) groups is 1. The van der Waals surface area contributed by atoms with Gasteiger partial charge in [0, 0.05) is 29.7 Å². The number of hydrogen-bond acceptors (Lipinski definition) is 5. The lowest BCUT2D eigenvalue weighted by Crippen LogP contribution is -2.29. The van der Waals surface area contributed by atoms with Crippen LogP contribution >= 0.6 is 35.6 Å². The summed E-state index contributed by atoms with van der Waals surface area (Å²) in [6, 6.07) is 13.6. The number of halogens is 1. The van der Waals surface area contributed by atoms with Gasteiger partial charge in [-0.05, 0) is 36.3 Å². The molecule has 0 bridgehead atoms. The van der Waals surface area contributed by atoms with Gasteiger partial charge in [0.25, 0.3) is 5.91 Å². The quantitative estimate of drug-likeness (QED) is 0.513. The van der Waals surface area contributed by atoms with E-state index >= 15 is 0 Å². The average Bonchev–Trinajstić information content (AvgIpc) is 2.91. The number of hydrogen-bond donors (Lipinski definition) is 2. The highest BCUT2D eigenvalue weighted by molar-refractivity contribution is 8.26. The topological polar surface area (TPSA) is 69.6 Å². The number of amides is 2. The smallest absolute Gasteiger partial charge is 0.266 e. The number of nitrogens with one attached hydrogen (secondary N) is 1. The van der Waals surface area contributed by atoms with Crippen molar-refractivity contribution in [1.29, 1.82) is 0 Å². The second-order valence-electron chi connectivity index (χ2n) is 6.06. The first-order valence-corrected chi connectivity index (χ1v) is 10.1. The lowest BCUT2D eigenvalue weighted by Gasteiger charge is -2.14. The Morgan fingerprint density at radius 3 is 2.79 bits per heavy atom. The lowest BCUT2D eigenvalue weighted by atomic mass is 10.2. The highest BCUT2D eigenvalue weighted by atomic mass is 35.5. The molecule has 1 saturated heterocycles. The van der Waals surface area contributed by atoms with Crippen LogP contribution in [0.3, 0.4) is 0 Å². The van der Waals surface area contributed by atoms with Crippen molar-refractivity contribution >= 4 is 63.5 Å². The molecule has 3 rings (SSSR count). The number of carbonyl (C=O) groups is 2. The van der Waals surface area contributed by atoms with E-state index in [9.17, 15) is 14.7 Å². The van der Waals surface area contributed by atoms with E-state index in [-0.39, 0.29) is 24.0 Å². The van der Waals surface area contributed by atoms with Crippen molar-refractivity contribution in [2.75, 3.05) is 11.9 Å². The minimum absolute atomic E-state index is 0.0840. The number of nitrogens with zero attached hydrogens (tertiary/aromatic N) is 1. The van der Waals surface area contributed by atoms with Crippen molar-refractivity contribution < 1.29 is 14.7 Å². The third kappa shape index (κ3) is 5.13. The van der Waals surface area contributed by atoms with Gasteiger partial charge in [0.15, 0.2) is 0 Å². The summed E-state index contributed by atoms with van der Waals surface area (Å²) in [6.45, 7) is 0.359. The van der Waals surface area contributed by atoms with Gasteiger partial charge in [-0.15, -0.1) is 0 Å². The maximum atomic E-state index is 12.6. The predicted octanol–water partition coefficient (Wildman–Crippen LogP) is 4.67. The number of phenolic OH excluding ortho intramolecular Hbond substituents is 1. The predicted molar refractivity (Wildman–Crippen MR) is 117 cm³/mol. The van der Waals surface area contributed by atoms with Gasteiger partial charge in [0.2, 0.25) is 5.91 Å². The Morgan fingerprint density at radius 2 is 2.04 bits per heavy atom. The number of phenols is 1. The number of benzene rings is 2. The third-order valence-electron chi connectivity index (χ3n) is 3.98. The third-order valence-corrected chi connectivity index (χ3v) is 5.70. The average molecular weight is 433 g/mol. The van der Waals surface area contributed by atoms with Gasteiger partial charge in [-0.1, -0.05) is 59.8 Å². The maximum absolute atomic E-state index is 12.6. The second-order valence-corrected chi connectivity index (χ2v) is 8.14. The van der Waals surface area contributed by atoms with Crippen LogP contribution in [-0.4, -0.2) is 32.7 Å². The molecule has 1 heterocycles. The molecule has 0 spiro atoms. The molecular weight excluding hydrogens is 416 g/mol. The number of carbonyl (C=O) groups excluding carboxylic acids is 2. The van der Waals surface area contributed by atoms with Crippen LogP contribution in [0.25, 0.3) is 6.08 Å². The minimum Gasteiger partial charge on any atom is -0.508 e. The first kappa shape index (κ1) is 20.4. The van der Waals surface area contributed by atoms with Crippen LogP contribution in [0.5, 0.6) is 5.75 Å². The molecule has 0 aromatic heterocycles. The van der Waals surface area contributed by atoms with Gasteiger partial charge in [-0.3, -0.25) is 14.5 Å². The summed E-state index contributed by atoms with van der Waals surface area (Å²) in [6.07, 6.45) is 2.43. The zero-order valence-electron chi connectivity index (χ0n) is 14.7. The first-order valence-electron chi connectivity index (χ1n) is 8.53. The van der Waals surface area contributed by atoms with E-state index in [0.29, 0.717) is 32.9 Å². The van der Waals surface area contributed by atoms with Crippen LogP contribution in [-0.2, 0) is 9.59 Å². The van der Waals surface area contributed by atoms with Crippen molar-refractivity contribution in [1.82, 2.24) is 4.90 Å². The Labute approximate surface area is 177 Å². The molecule has 1 fully saturated rings. The van der Waals surface area contributed by atoms with Gasteiger partial charge in [-0.25, -0.2) is 0 Å². The van der Waals surface area contributed by atoms with Crippen molar-refractivity contribution in [2.24, 2.45) is 0 Å². The summed E-state index contributed by atoms with van der Waals surface area (Å²) in [4.78, 5) is 26.7. The fourth-order valence-corrected chi connectivity index (χ4v) is 4.12. The molecule has 0 saturated carbocycles. The zero-order valence-corrected chi connectivity index (χ0v) is 17.1. The van der Waals surface area contributed by atoms with Gasteiger partial charge < -0.3 is 10.4 Å². The SMILES string of the molecule is O=C(CCCN1C(=O)C(=Cc2ccccc2Cl)SC1=S)Nc1cccc(O)c1. The van der Waals surface area contributed by atoms with E-state index in [0.717, 1.165) is 5.56 Å². The monoisotopic (exact) mass is 432 g/mol. The number of thiocarbonyl (C=S) groups is 1. The summed E-state index contributed by atoms with van der Waals surface area (Å²) < 4.78 is 0.469. The van der Waals surface area contributed by atoms with E-state index in [1.165, 1.54) is 28.8 Å². The largest absolute Gasteiger partial charge is 0.508 e.